The van der Waals surface area contributed by atoms with Crippen molar-refractivity contribution in [3.63, 3.8) is 0 Å². The summed E-state index contributed by atoms with van der Waals surface area (Å²) in [5.41, 5.74) is 0.753. The highest BCUT2D eigenvalue weighted by Crippen LogP contribution is 2.32. The fourth-order valence-electron chi connectivity index (χ4n) is 2.23. The van der Waals surface area contributed by atoms with E-state index in [1.54, 1.807) is 12.1 Å². The highest BCUT2D eigenvalue weighted by molar-refractivity contribution is 5.79. The highest BCUT2D eigenvalue weighted by atomic mass is 16.6. The van der Waals surface area contributed by atoms with Crippen LogP contribution in [0.2, 0.25) is 0 Å². The van der Waals surface area contributed by atoms with Crippen molar-refractivity contribution in [2.45, 2.75) is 6.42 Å². The van der Waals surface area contributed by atoms with E-state index in [9.17, 15) is 14.9 Å². The first-order chi connectivity index (χ1) is 8.65. The van der Waals surface area contributed by atoms with Gasteiger partial charge in [-0.05, 0) is 18.6 Å². The maximum Gasteiger partial charge on any atom is 0.293 e. The summed E-state index contributed by atoms with van der Waals surface area (Å²) < 4.78 is 0. The van der Waals surface area contributed by atoms with Crippen LogP contribution in [0.5, 0.6) is 0 Å². The number of benzene rings is 1. The minimum Gasteiger partial charge on any atom is -0.396 e. The number of anilines is 1. The first kappa shape index (κ1) is 12.5. The Bertz CT molecular complexity index is 475. The van der Waals surface area contributed by atoms with E-state index in [-0.39, 0.29) is 18.2 Å². The van der Waals surface area contributed by atoms with Crippen molar-refractivity contribution in [3.8, 4) is 0 Å². The van der Waals surface area contributed by atoms with Crippen molar-refractivity contribution in [3.05, 3.63) is 33.9 Å². The average molecular weight is 250 g/mol. The Kier molecular flexibility index (Phi) is 3.57. The number of nitrogens with zero attached hydrogens (tertiary/aromatic N) is 2. The smallest absolute Gasteiger partial charge is 0.293 e. The number of aldehydes is 1. The van der Waals surface area contributed by atoms with Gasteiger partial charge in [-0.25, -0.2) is 0 Å². The molecule has 1 aromatic carbocycles. The minimum absolute atomic E-state index is 0.0572. The van der Waals surface area contributed by atoms with E-state index in [1.807, 2.05) is 4.90 Å². The third-order valence-electron chi connectivity index (χ3n) is 3.22. The van der Waals surface area contributed by atoms with Gasteiger partial charge >= 0.3 is 0 Å². The summed E-state index contributed by atoms with van der Waals surface area (Å²) in [5, 5.41) is 20.1. The lowest BCUT2D eigenvalue weighted by Gasteiger charge is -2.18. The molecule has 1 unspecified atom stereocenters. The third-order valence-corrected chi connectivity index (χ3v) is 3.22. The molecule has 0 saturated carbocycles. The van der Waals surface area contributed by atoms with Gasteiger partial charge in [-0.1, -0.05) is 0 Å². The minimum atomic E-state index is -0.478. The number of carbonyl (C=O) groups excluding carboxylic acids is 1. The van der Waals surface area contributed by atoms with Gasteiger partial charge in [0.05, 0.1) is 4.92 Å². The molecule has 6 heteroatoms. The van der Waals surface area contributed by atoms with E-state index in [0.717, 1.165) is 6.42 Å². The molecule has 0 amide bonds. The van der Waals surface area contributed by atoms with Crippen molar-refractivity contribution < 1.29 is 14.8 Å². The Hall–Kier alpha value is -1.95. The van der Waals surface area contributed by atoms with Crippen LogP contribution >= 0.6 is 0 Å². The van der Waals surface area contributed by atoms with E-state index in [2.05, 4.69) is 0 Å². The zero-order chi connectivity index (χ0) is 13.1. The highest BCUT2D eigenvalue weighted by Gasteiger charge is 2.27. The quantitative estimate of drug-likeness (QED) is 0.493. The van der Waals surface area contributed by atoms with E-state index >= 15 is 0 Å². The second kappa shape index (κ2) is 5.14. The summed E-state index contributed by atoms with van der Waals surface area (Å²) in [5.74, 6) is 0.162. The molecule has 1 aliphatic rings. The molecule has 1 aromatic rings. The van der Waals surface area contributed by atoms with Crippen LogP contribution in [0, 0.1) is 16.0 Å². The summed E-state index contributed by atoms with van der Waals surface area (Å²) in [6.45, 7) is 1.39. The van der Waals surface area contributed by atoms with E-state index < -0.39 is 4.92 Å². The number of rotatable bonds is 4. The van der Waals surface area contributed by atoms with E-state index in [1.165, 1.54) is 6.07 Å². The summed E-state index contributed by atoms with van der Waals surface area (Å²) >= 11 is 0. The largest absolute Gasteiger partial charge is 0.396 e. The normalized spacial score (nSPS) is 18.9. The molecule has 0 radical (unpaired) electrons. The Morgan fingerprint density at radius 2 is 2.33 bits per heavy atom. The van der Waals surface area contributed by atoms with Crippen LogP contribution in [0.25, 0.3) is 0 Å². The second-order valence-electron chi connectivity index (χ2n) is 4.41. The van der Waals surface area contributed by atoms with Gasteiger partial charge in [0, 0.05) is 37.2 Å². The van der Waals surface area contributed by atoms with Crippen LogP contribution < -0.4 is 4.90 Å². The summed E-state index contributed by atoms with van der Waals surface area (Å²) in [6.07, 6.45) is 1.42. The molecule has 0 bridgehead atoms. The predicted octanol–water partition coefficient (Wildman–Crippen LogP) is 1.23. The van der Waals surface area contributed by atoms with Gasteiger partial charge in [0.15, 0.2) is 0 Å². The van der Waals surface area contributed by atoms with Gasteiger partial charge in [0.2, 0.25) is 0 Å². The number of hydrogen-bond donors (Lipinski definition) is 1. The van der Waals surface area contributed by atoms with Gasteiger partial charge in [0.1, 0.15) is 12.0 Å². The fourth-order valence-corrected chi connectivity index (χ4v) is 2.23. The third kappa shape index (κ3) is 2.33. The van der Waals surface area contributed by atoms with Gasteiger partial charge in [-0.3, -0.25) is 14.9 Å². The van der Waals surface area contributed by atoms with Crippen molar-refractivity contribution >= 4 is 17.7 Å². The van der Waals surface area contributed by atoms with Gasteiger partial charge in [-0.15, -0.1) is 0 Å². The molecule has 1 heterocycles. The molecule has 18 heavy (non-hydrogen) atoms. The van der Waals surface area contributed by atoms with Crippen LogP contribution in [-0.4, -0.2) is 36.0 Å². The molecule has 2 rings (SSSR count). The Labute approximate surface area is 104 Å². The van der Waals surface area contributed by atoms with Crippen LogP contribution in [0.15, 0.2) is 18.2 Å². The zero-order valence-corrected chi connectivity index (χ0v) is 9.78. The van der Waals surface area contributed by atoms with Gasteiger partial charge in [0.25, 0.3) is 5.69 Å². The lowest BCUT2D eigenvalue weighted by Crippen LogP contribution is -2.21. The summed E-state index contributed by atoms with van der Waals surface area (Å²) in [4.78, 5) is 23.1. The Morgan fingerprint density at radius 3 is 2.89 bits per heavy atom. The topological polar surface area (TPSA) is 83.7 Å². The number of nitro groups is 1. The van der Waals surface area contributed by atoms with Crippen LogP contribution in [0.4, 0.5) is 11.4 Å². The SMILES string of the molecule is O=Cc1ccc(N2CCC(CO)C2)c([N+](=O)[O-])c1. The molecular formula is C12H14N2O4. The molecule has 1 atom stereocenters. The molecule has 1 N–H and O–H groups in total. The molecule has 1 saturated heterocycles. The van der Waals surface area contributed by atoms with Crippen LogP contribution in [0.3, 0.4) is 0 Å². The first-order valence-electron chi connectivity index (χ1n) is 5.75. The number of aliphatic hydroxyl groups is 1. The summed E-state index contributed by atoms with van der Waals surface area (Å²) in [6, 6.07) is 4.46. The van der Waals surface area contributed by atoms with E-state index in [0.29, 0.717) is 30.6 Å². The summed E-state index contributed by atoms with van der Waals surface area (Å²) in [7, 11) is 0. The fraction of sp³-hybridized carbons (Fsp3) is 0.417. The second-order valence-corrected chi connectivity index (χ2v) is 4.41. The Morgan fingerprint density at radius 1 is 1.56 bits per heavy atom. The van der Waals surface area contributed by atoms with Gasteiger partial charge < -0.3 is 10.0 Å². The number of aliphatic hydroxyl groups excluding tert-OH is 1. The van der Waals surface area contributed by atoms with Crippen LogP contribution in [-0.2, 0) is 0 Å². The number of nitro benzene ring substituents is 1. The molecule has 6 nitrogen and oxygen atoms in total. The predicted molar refractivity (Wildman–Crippen MR) is 65.9 cm³/mol. The molecule has 0 aliphatic carbocycles. The lowest BCUT2D eigenvalue weighted by atomic mass is 10.1. The molecule has 0 spiro atoms. The zero-order valence-electron chi connectivity index (χ0n) is 9.78. The molecule has 1 aliphatic heterocycles. The maximum absolute atomic E-state index is 11.0. The number of carbonyl (C=O) groups is 1. The number of hydrogen-bond acceptors (Lipinski definition) is 5. The molecule has 0 aromatic heterocycles. The molecular weight excluding hydrogens is 236 g/mol. The first-order valence-corrected chi connectivity index (χ1v) is 5.75. The van der Waals surface area contributed by atoms with Crippen molar-refractivity contribution in [1.29, 1.82) is 0 Å². The van der Waals surface area contributed by atoms with Crippen molar-refractivity contribution in [2.24, 2.45) is 5.92 Å². The van der Waals surface area contributed by atoms with Crippen molar-refractivity contribution in [1.82, 2.24) is 0 Å². The standard InChI is InChI=1S/C12H14N2O4/c15-7-9-1-2-11(12(5-9)14(17)18)13-4-3-10(6-13)8-16/h1-2,5,7,10,16H,3-4,6,8H2. The monoisotopic (exact) mass is 250 g/mol. The molecule has 96 valence electrons. The maximum atomic E-state index is 11.0. The Balaban J connectivity index is 2.32. The average Bonchev–Trinajstić information content (AvgIpc) is 2.86. The van der Waals surface area contributed by atoms with E-state index in [4.69, 9.17) is 5.11 Å². The van der Waals surface area contributed by atoms with Crippen molar-refractivity contribution in [2.75, 3.05) is 24.6 Å². The molecule has 1 fully saturated rings. The lowest BCUT2D eigenvalue weighted by molar-refractivity contribution is -0.384. The van der Waals surface area contributed by atoms with Crippen LogP contribution in [0.1, 0.15) is 16.8 Å². The van der Waals surface area contributed by atoms with Gasteiger partial charge in [-0.2, -0.15) is 0 Å².